The lowest BCUT2D eigenvalue weighted by molar-refractivity contribution is -0.134. The number of rotatable bonds is 4. The minimum absolute atomic E-state index is 0.0126. The Morgan fingerprint density at radius 1 is 1.62 bits per heavy atom. The summed E-state index contributed by atoms with van der Waals surface area (Å²) < 4.78 is 0. The normalized spacial score (nSPS) is 12.3. The van der Waals surface area contributed by atoms with E-state index in [1.807, 2.05) is 19.9 Å². The lowest BCUT2D eigenvalue weighted by Gasteiger charge is -2.20. The van der Waals surface area contributed by atoms with Gasteiger partial charge in [-0.05, 0) is 5.92 Å². The standard InChI is InChI=1S/C9H16N2O2/c1-7(2)8(6-10)9(13)11(3)4-5-12/h7-8,12H,4-5H2,1-3H3. The molecule has 13 heavy (non-hydrogen) atoms. The molecule has 1 amide bonds. The molecule has 0 aliphatic rings. The van der Waals surface area contributed by atoms with Gasteiger partial charge in [-0.1, -0.05) is 13.8 Å². The monoisotopic (exact) mass is 184 g/mol. The van der Waals surface area contributed by atoms with Gasteiger partial charge in [-0.2, -0.15) is 5.26 Å². The Morgan fingerprint density at radius 3 is 2.46 bits per heavy atom. The molecule has 0 aliphatic carbocycles. The Kier molecular flexibility index (Phi) is 5.09. The first-order chi connectivity index (χ1) is 6.04. The molecule has 0 aromatic heterocycles. The molecule has 1 N–H and O–H groups in total. The molecule has 0 spiro atoms. The Balaban J connectivity index is 4.30. The molecule has 0 aliphatic heterocycles. The van der Waals surface area contributed by atoms with Crippen LogP contribution in [-0.4, -0.2) is 36.1 Å². The van der Waals surface area contributed by atoms with Crippen molar-refractivity contribution >= 4 is 5.91 Å². The molecule has 4 nitrogen and oxygen atoms in total. The summed E-state index contributed by atoms with van der Waals surface area (Å²) in [7, 11) is 1.59. The maximum Gasteiger partial charge on any atom is 0.240 e. The number of likely N-dealkylation sites (N-methyl/N-ethyl adjacent to an activating group) is 1. The zero-order chi connectivity index (χ0) is 10.4. The Morgan fingerprint density at radius 2 is 2.15 bits per heavy atom. The van der Waals surface area contributed by atoms with Crippen LogP contribution >= 0.6 is 0 Å². The number of hydrogen-bond acceptors (Lipinski definition) is 3. The topological polar surface area (TPSA) is 64.3 Å². The van der Waals surface area contributed by atoms with Gasteiger partial charge in [0.15, 0.2) is 0 Å². The second-order valence-corrected chi connectivity index (χ2v) is 3.33. The van der Waals surface area contributed by atoms with Crippen LogP contribution < -0.4 is 0 Å². The van der Waals surface area contributed by atoms with Crippen molar-refractivity contribution in [2.75, 3.05) is 20.2 Å². The van der Waals surface area contributed by atoms with Crippen molar-refractivity contribution in [3.8, 4) is 6.07 Å². The van der Waals surface area contributed by atoms with Crippen molar-refractivity contribution in [3.05, 3.63) is 0 Å². The smallest absolute Gasteiger partial charge is 0.240 e. The van der Waals surface area contributed by atoms with Gasteiger partial charge in [0.25, 0.3) is 0 Å². The highest BCUT2D eigenvalue weighted by Crippen LogP contribution is 2.12. The Hall–Kier alpha value is -1.08. The fourth-order valence-corrected chi connectivity index (χ4v) is 0.987. The zero-order valence-corrected chi connectivity index (χ0v) is 8.32. The van der Waals surface area contributed by atoms with Crippen LogP contribution in [0.5, 0.6) is 0 Å². The number of amides is 1. The molecule has 0 rings (SSSR count). The van der Waals surface area contributed by atoms with Crippen LogP contribution in [0.3, 0.4) is 0 Å². The van der Waals surface area contributed by atoms with E-state index in [0.717, 1.165) is 0 Å². The van der Waals surface area contributed by atoms with E-state index < -0.39 is 5.92 Å². The quantitative estimate of drug-likeness (QED) is 0.680. The summed E-state index contributed by atoms with van der Waals surface area (Å²) in [5.74, 6) is -0.804. The van der Waals surface area contributed by atoms with Crippen molar-refractivity contribution in [3.63, 3.8) is 0 Å². The van der Waals surface area contributed by atoms with E-state index in [0.29, 0.717) is 0 Å². The van der Waals surface area contributed by atoms with E-state index in [1.54, 1.807) is 7.05 Å². The number of aliphatic hydroxyl groups excluding tert-OH is 1. The van der Waals surface area contributed by atoms with E-state index >= 15 is 0 Å². The molecule has 0 saturated heterocycles. The highest BCUT2D eigenvalue weighted by atomic mass is 16.3. The number of carbonyl (C=O) groups is 1. The lowest BCUT2D eigenvalue weighted by atomic mass is 9.96. The molecule has 4 heteroatoms. The molecule has 0 aromatic carbocycles. The van der Waals surface area contributed by atoms with Gasteiger partial charge in [0.2, 0.25) is 5.91 Å². The summed E-state index contributed by atoms with van der Waals surface area (Å²) in [4.78, 5) is 12.9. The van der Waals surface area contributed by atoms with Crippen molar-refractivity contribution in [1.29, 1.82) is 5.26 Å². The van der Waals surface area contributed by atoms with Gasteiger partial charge in [0, 0.05) is 13.6 Å². The van der Waals surface area contributed by atoms with Crippen LogP contribution in [0.15, 0.2) is 0 Å². The highest BCUT2D eigenvalue weighted by Gasteiger charge is 2.24. The molecule has 74 valence electrons. The molecule has 0 bridgehead atoms. The molecule has 0 radical (unpaired) electrons. The molecular formula is C9H16N2O2. The summed E-state index contributed by atoms with van der Waals surface area (Å²) in [5, 5.41) is 17.3. The summed E-state index contributed by atoms with van der Waals surface area (Å²) in [6, 6.07) is 1.97. The average Bonchev–Trinajstić information content (AvgIpc) is 2.05. The molecule has 0 aromatic rings. The highest BCUT2D eigenvalue weighted by molar-refractivity contribution is 5.81. The van der Waals surface area contributed by atoms with Crippen LogP contribution in [0, 0.1) is 23.2 Å². The summed E-state index contributed by atoms with van der Waals surface area (Å²) in [5.41, 5.74) is 0. The number of nitrogens with zero attached hydrogens (tertiary/aromatic N) is 2. The van der Waals surface area contributed by atoms with Crippen LogP contribution in [0.25, 0.3) is 0 Å². The SMILES string of the molecule is CC(C)C(C#N)C(=O)N(C)CCO. The molecular weight excluding hydrogens is 168 g/mol. The van der Waals surface area contributed by atoms with Crippen LogP contribution in [0.2, 0.25) is 0 Å². The van der Waals surface area contributed by atoms with Gasteiger partial charge in [-0.3, -0.25) is 4.79 Å². The van der Waals surface area contributed by atoms with E-state index in [4.69, 9.17) is 10.4 Å². The van der Waals surface area contributed by atoms with Gasteiger partial charge in [0.05, 0.1) is 12.7 Å². The second kappa shape index (κ2) is 5.55. The minimum Gasteiger partial charge on any atom is -0.395 e. The number of nitriles is 1. The van der Waals surface area contributed by atoms with E-state index in [1.165, 1.54) is 4.90 Å². The van der Waals surface area contributed by atoms with Crippen LogP contribution in [0.4, 0.5) is 0 Å². The third-order valence-corrected chi connectivity index (χ3v) is 1.88. The lowest BCUT2D eigenvalue weighted by Crippen LogP contribution is -2.36. The van der Waals surface area contributed by atoms with Gasteiger partial charge in [-0.15, -0.1) is 0 Å². The van der Waals surface area contributed by atoms with Crippen molar-refractivity contribution in [2.24, 2.45) is 11.8 Å². The summed E-state index contributed by atoms with van der Waals surface area (Å²) >= 11 is 0. The predicted molar refractivity (Wildman–Crippen MR) is 48.7 cm³/mol. The molecule has 0 saturated carbocycles. The van der Waals surface area contributed by atoms with E-state index in [-0.39, 0.29) is 25.0 Å². The molecule has 0 fully saturated rings. The second-order valence-electron chi connectivity index (χ2n) is 3.33. The van der Waals surface area contributed by atoms with Crippen molar-refractivity contribution in [2.45, 2.75) is 13.8 Å². The number of aliphatic hydroxyl groups is 1. The summed E-state index contributed by atoms with van der Waals surface area (Å²) in [6.07, 6.45) is 0. The van der Waals surface area contributed by atoms with Gasteiger partial charge in [-0.25, -0.2) is 0 Å². The Labute approximate surface area is 78.8 Å². The minimum atomic E-state index is -0.600. The number of carbonyl (C=O) groups excluding carboxylic acids is 1. The molecule has 1 unspecified atom stereocenters. The summed E-state index contributed by atoms with van der Waals surface area (Å²) in [6.45, 7) is 3.87. The predicted octanol–water partition coefficient (Wildman–Crippen LogP) is 0.233. The third kappa shape index (κ3) is 3.43. The Bertz CT molecular complexity index is 208. The first-order valence-corrected chi connectivity index (χ1v) is 4.30. The fourth-order valence-electron chi connectivity index (χ4n) is 0.987. The third-order valence-electron chi connectivity index (χ3n) is 1.88. The molecule has 0 heterocycles. The van der Waals surface area contributed by atoms with Gasteiger partial charge >= 0.3 is 0 Å². The molecule has 1 atom stereocenters. The van der Waals surface area contributed by atoms with Gasteiger partial charge in [0.1, 0.15) is 5.92 Å². The number of hydrogen-bond donors (Lipinski definition) is 1. The van der Waals surface area contributed by atoms with E-state index in [2.05, 4.69) is 0 Å². The fraction of sp³-hybridized carbons (Fsp3) is 0.778. The van der Waals surface area contributed by atoms with E-state index in [9.17, 15) is 4.79 Å². The average molecular weight is 184 g/mol. The van der Waals surface area contributed by atoms with Crippen molar-refractivity contribution < 1.29 is 9.90 Å². The maximum absolute atomic E-state index is 11.5. The van der Waals surface area contributed by atoms with Crippen LogP contribution in [-0.2, 0) is 4.79 Å². The van der Waals surface area contributed by atoms with Crippen LogP contribution in [0.1, 0.15) is 13.8 Å². The maximum atomic E-state index is 11.5. The zero-order valence-electron chi connectivity index (χ0n) is 8.32. The first-order valence-electron chi connectivity index (χ1n) is 4.30. The van der Waals surface area contributed by atoms with Gasteiger partial charge < -0.3 is 10.0 Å². The van der Waals surface area contributed by atoms with Crippen molar-refractivity contribution in [1.82, 2.24) is 4.90 Å². The largest absolute Gasteiger partial charge is 0.395 e. The first kappa shape index (κ1) is 11.9.